The summed E-state index contributed by atoms with van der Waals surface area (Å²) in [5.74, 6) is 1.46. The molecule has 0 unspecified atom stereocenters. The molecule has 0 saturated carbocycles. The molecular formula is C23H30N6S. The largest absolute Gasteiger partial charge is 0.372 e. The molecule has 7 heteroatoms. The maximum Gasteiger partial charge on any atom is 0.154 e. The van der Waals surface area contributed by atoms with E-state index in [-0.39, 0.29) is 13.5 Å². The Kier molecular flexibility index (Phi) is 6.69. The first kappa shape index (κ1) is 20.9. The average Bonchev–Trinajstić information content (AvgIpc) is 3.33. The molecule has 5 rings (SSSR count). The Hall–Kier alpha value is -2.38. The molecule has 2 saturated heterocycles. The van der Waals surface area contributed by atoms with Gasteiger partial charge in [-0.25, -0.2) is 9.97 Å². The van der Waals surface area contributed by atoms with E-state index in [0.29, 0.717) is 5.92 Å². The van der Waals surface area contributed by atoms with Gasteiger partial charge in [-0.1, -0.05) is 12.1 Å². The fourth-order valence-electron chi connectivity index (χ4n) is 4.40. The van der Waals surface area contributed by atoms with E-state index in [4.69, 9.17) is 4.98 Å². The number of anilines is 2. The number of nitrogens with one attached hydrogen (secondary N) is 2. The van der Waals surface area contributed by atoms with E-state index in [0.717, 1.165) is 60.8 Å². The smallest absolute Gasteiger partial charge is 0.154 e. The van der Waals surface area contributed by atoms with Gasteiger partial charge in [0.25, 0.3) is 0 Å². The highest BCUT2D eigenvalue weighted by atomic mass is 32.1. The van der Waals surface area contributed by atoms with Crippen molar-refractivity contribution in [1.82, 2.24) is 20.3 Å². The Labute approximate surface area is 185 Å². The zero-order chi connectivity index (χ0) is 19.5. The van der Waals surface area contributed by atoms with Gasteiger partial charge < -0.3 is 15.5 Å². The lowest BCUT2D eigenvalue weighted by Gasteiger charge is -2.23. The average molecular weight is 423 g/mol. The number of hydrogen-bond donors (Lipinski definition) is 2. The van der Waals surface area contributed by atoms with Gasteiger partial charge in [-0.2, -0.15) is 13.5 Å². The number of piperidine rings is 1. The second-order valence-electron chi connectivity index (χ2n) is 8.11. The standard InChI is InChI=1S/C23H28N6.H2S/c1-2-13-29(12-1)19-7-5-18(6-8-19)20-14-21-22(26-11-10-25-21)23(28-20)27-16-17-4-3-9-24-15-17;/h5-8,10-11,14,17,24H,1-4,9,12-13,15-16H2,(H,27,28);1H2/t17-;/m0./s1. The molecule has 2 fully saturated rings. The van der Waals surface area contributed by atoms with E-state index in [2.05, 4.69) is 49.8 Å². The van der Waals surface area contributed by atoms with Crippen LogP contribution < -0.4 is 15.5 Å². The monoisotopic (exact) mass is 422 g/mol. The molecule has 3 aromatic rings. The first-order valence-electron chi connectivity index (χ1n) is 10.8. The lowest BCUT2D eigenvalue weighted by atomic mass is 10.00. The van der Waals surface area contributed by atoms with E-state index < -0.39 is 0 Å². The molecule has 2 N–H and O–H groups in total. The van der Waals surface area contributed by atoms with Gasteiger partial charge in [0.05, 0.1) is 11.2 Å². The van der Waals surface area contributed by atoms with Crippen molar-refractivity contribution in [2.45, 2.75) is 25.7 Å². The Morgan fingerprint density at radius 2 is 1.83 bits per heavy atom. The van der Waals surface area contributed by atoms with E-state index in [1.807, 2.05) is 6.07 Å². The number of fused-ring (bicyclic) bond motifs is 1. The summed E-state index contributed by atoms with van der Waals surface area (Å²) in [6, 6.07) is 10.8. The zero-order valence-electron chi connectivity index (χ0n) is 17.3. The van der Waals surface area contributed by atoms with Crippen molar-refractivity contribution in [1.29, 1.82) is 0 Å². The molecule has 2 aliphatic rings. The molecule has 0 aliphatic carbocycles. The predicted molar refractivity (Wildman–Crippen MR) is 129 cm³/mol. The van der Waals surface area contributed by atoms with Crippen LogP contribution in [0.1, 0.15) is 25.7 Å². The summed E-state index contributed by atoms with van der Waals surface area (Å²) < 4.78 is 0. The molecule has 30 heavy (non-hydrogen) atoms. The van der Waals surface area contributed by atoms with E-state index in [1.165, 1.54) is 31.4 Å². The SMILES string of the molecule is S.c1cnc2c(NC[C@H]3CCCNC3)nc(-c3ccc(N4CCCC4)cc3)cc2n1. The van der Waals surface area contributed by atoms with E-state index >= 15 is 0 Å². The van der Waals surface area contributed by atoms with Crippen molar-refractivity contribution in [3.8, 4) is 11.3 Å². The van der Waals surface area contributed by atoms with Crippen LogP contribution in [0.4, 0.5) is 11.5 Å². The molecule has 0 radical (unpaired) electrons. The van der Waals surface area contributed by atoms with Crippen LogP contribution in [0.2, 0.25) is 0 Å². The van der Waals surface area contributed by atoms with Crippen molar-refractivity contribution in [3.05, 3.63) is 42.7 Å². The molecule has 1 atom stereocenters. The summed E-state index contributed by atoms with van der Waals surface area (Å²) >= 11 is 0. The normalized spacial score (nSPS) is 18.9. The lowest BCUT2D eigenvalue weighted by Crippen LogP contribution is -2.33. The fraction of sp³-hybridized carbons (Fsp3) is 0.435. The molecular weight excluding hydrogens is 392 g/mol. The minimum absolute atomic E-state index is 0. The maximum atomic E-state index is 4.94. The van der Waals surface area contributed by atoms with Gasteiger partial charge in [0.1, 0.15) is 5.52 Å². The van der Waals surface area contributed by atoms with E-state index in [9.17, 15) is 0 Å². The third-order valence-corrected chi connectivity index (χ3v) is 6.05. The topological polar surface area (TPSA) is 66.0 Å². The van der Waals surface area contributed by atoms with Crippen LogP contribution in [0.25, 0.3) is 22.3 Å². The first-order valence-corrected chi connectivity index (χ1v) is 10.8. The summed E-state index contributed by atoms with van der Waals surface area (Å²) in [6.45, 7) is 5.42. The van der Waals surface area contributed by atoms with E-state index in [1.54, 1.807) is 12.4 Å². The van der Waals surface area contributed by atoms with Gasteiger partial charge >= 0.3 is 0 Å². The first-order chi connectivity index (χ1) is 14.4. The highest BCUT2D eigenvalue weighted by Gasteiger charge is 2.16. The van der Waals surface area contributed by atoms with Gasteiger partial charge in [-0.3, -0.25) is 4.98 Å². The maximum absolute atomic E-state index is 4.94. The van der Waals surface area contributed by atoms with Crippen molar-refractivity contribution in [2.24, 2.45) is 5.92 Å². The fourth-order valence-corrected chi connectivity index (χ4v) is 4.40. The van der Waals surface area contributed by atoms with Crippen molar-refractivity contribution >= 4 is 36.0 Å². The summed E-state index contributed by atoms with van der Waals surface area (Å²) in [6.07, 6.45) is 8.56. The van der Waals surface area contributed by atoms with Crippen LogP contribution in [0, 0.1) is 5.92 Å². The van der Waals surface area contributed by atoms with Crippen molar-refractivity contribution in [3.63, 3.8) is 0 Å². The lowest BCUT2D eigenvalue weighted by molar-refractivity contribution is 0.392. The van der Waals surface area contributed by atoms with Crippen LogP contribution >= 0.6 is 13.5 Å². The third-order valence-electron chi connectivity index (χ3n) is 6.05. The molecule has 2 aromatic heterocycles. The summed E-state index contributed by atoms with van der Waals surface area (Å²) in [5, 5.41) is 7.04. The predicted octanol–water partition coefficient (Wildman–Crippen LogP) is 3.82. The molecule has 0 spiro atoms. The highest BCUT2D eigenvalue weighted by Crippen LogP contribution is 2.28. The number of benzene rings is 1. The van der Waals surface area contributed by atoms with Crippen molar-refractivity contribution in [2.75, 3.05) is 42.9 Å². The van der Waals surface area contributed by atoms with Crippen LogP contribution in [-0.4, -0.2) is 47.7 Å². The number of rotatable bonds is 5. The van der Waals surface area contributed by atoms with Gasteiger partial charge in [-0.05, 0) is 62.9 Å². The van der Waals surface area contributed by atoms with Gasteiger partial charge in [0.15, 0.2) is 5.82 Å². The Morgan fingerprint density at radius 1 is 1.03 bits per heavy atom. The van der Waals surface area contributed by atoms with Gasteiger partial charge in [0, 0.05) is 43.3 Å². The number of pyridine rings is 1. The minimum atomic E-state index is 0. The molecule has 4 heterocycles. The zero-order valence-corrected chi connectivity index (χ0v) is 18.3. The minimum Gasteiger partial charge on any atom is -0.372 e. The molecule has 158 valence electrons. The summed E-state index contributed by atoms with van der Waals surface area (Å²) in [4.78, 5) is 16.5. The van der Waals surface area contributed by atoms with Crippen LogP contribution in [0.5, 0.6) is 0 Å². The van der Waals surface area contributed by atoms with Gasteiger partial charge in [-0.15, -0.1) is 0 Å². The third kappa shape index (κ3) is 4.52. The number of nitrogens with zero attached hydrogens (tertiary/aromatic N) is 4. The van der Waals surface area contributed by atoms with Crippen LogP contribution in [-0.2, 0) is 0 Å². The molecule has 2 aliphatic heterocycles. The molecule has 1 aromatic carbocycles. The quantitative estimate of drug-likeness (QED) is 0.652. The second kappa shape index (κ2) is 9.62. The second-order valence-corrected chi connectivity index (χ2v) is 8.11. The number of hydrogen-bond acceptors (Lipinski definition) is 6. The number of aromatic nitrogens is 3. The summed E-state index contributed by atoms with van der Waals surface area (Å²) in [5.41, 5.74) is 5.08. The summed E-state index contributed by atoms with van der Waals surface area (Å²) in [7, 11) is 0. The molecule has 0 amide bonds. The Balaban J connectivity index is 0.00000218. The highest BCUT2D eigenvalue weighted by molar-refractivity contribution is 7.59. The Bertz CT molecular complexity index is 965. The van der Waals surface area contributed by atoms with Crippen LogP contribution in [0.15, 0.2) is 42.7 Å². The van der Waals surface area contributed by atoms with Gasteiger partial charge in [0.2, 0.25) is 0 Å². The Morgan fingerprint density at radius 3 is 2.60 bits per heavy atom. The van der Waals surface area contributed by atoms with Crippen molar-refractivity contribution < 1.29 is 0 Å². The van der Waals surface area contributed by atoms with Crippen LogP contribution in [0.3, 0.4) is 0 Å². The molecule has 0 bridgehead atoms. The molecule has 6 nitrogen and oxygen atoms in total.